The number of thiocarbonyl (C=S) groups is 1. The van der Waals surface area contributed by atoms with Gasteiger partial charge in [-0.2, -0.15) is 0 Å². The van der Waals surface area contributed by atoms with Crippen LogP contribution in [0.4, 0.5) is 0 Å². The summed E-state index contributed by atoms with van der Waals surface area (Å²) in [6.07, 6.45) is 1.71. The van der Waals surface area contributed by atoms with Gasteiger partial charge >= 0.3 is 0 Å². The molecule has 0 atom stereocenters. The fourth-order valence-corrected chi connectivity index (χ4v) is 3.52. The molecule has 5 nitrogen and oxygen atoms in total. The van der Waals surface area contributed by atoms with Crippen molar-refractivity contribution >= 4 is 50.4 Å². The van der Waals surface area contributed by atoms with E-state index in [4.69, 9.17) is 12.2 Å². The molecule has 1 aromatic carbocycles. The van der Waals surface area contributed by atoms with Gasteiger partial charge in [0.1, 0.15) is 4.32 Å². The highest BCUT2D eigenvalue weighted by molar-refractivity contribution is 8.26. The van der Waals surface area contributed by atoms with Gasteiger partial charge in [-0.3, -0.25) is 9.69 Å². The van der Waals surface area contributed by atoms with Crippen LogP contribution in [0, 0.1) is 6.92 Å². The third kappa shape index (κ3) is 4.37. The molecule has 1 heterocycles. The third-order valence-corrected chi connectivity index (χ3v) is 4.84. The summed E-state index contributed by atoms with van der Waals surface area (Å²) in [5.74, 6) is -1.01. The molecule has 0 saturated carbocycles. The van der Waals surface area contributed by atoms with Gasteiger partial charge in [0.05, 0.1) is 20.8 Å². The highest BCUT2D eigenvalue weighted by Crippen LogP contribution is 2.32. The van der Waals surface area contributed by atoms with Crippen molar-refractivity contribution in [2.45, 2.75) is 6.92 Å². The molecule has 0 aliphatic carbocycles. The molecule has 0 bridgehead atoms. The number of amides is 1. The maximum Gasteiger partial charge on any atom is 0.266 e. The lowest BCUT2D eigenvalue weighted by Gasteiger charge is -2.15. The second-order valence-electron chi connectivity index (χ2n) is 4.51. The number of aryl methyl sites for hydroxylation is 1. The molecule has 0 unspecified atom stereocenters. The van der Waals surface area contributed by atoms with Crippen molar-refractivity contribution in [2.24, 2.45) is 0 Å². The summed E-state index contributed by atoms with van der Waals surface area (Å²) in [5, 5.41) is 0. The van der Waals surface area contributed by atoms with Crippen LogP contribution >= 0.6 is 24.0 Å². The minimum atomic E-state index is -4.37. The third-order valence-electron chi connectivity index (χ3n) is 2.78. The van der Waals surface area contributed by atoms with E-state index in [1.807, 2.05) is 31.2 Å². The van der Waals surface area contributed by atoms with Gasteiger partial charge in [0.15, 0.2) is 0 Å². The minimum absolute atomic E-state index is 0.207. The second kappa shape index (κ2) is 6.27. The Kier molecular flexibility index (Phi) is 4.82. The van der Waals surface area contributed by atoms with Crippen molar-refractivity contribution in [1.29, 1.82) is 0 Å². The van der Waals surface area contributed by atoms with Crippen molar-refractivity contribution in [3.05, 3.63) is 40.3 Å². The van der Waals surface area contributed by atoms with Crippen molar-refractivity contribution in [2.75, 3.05) is 12.3 Å². The highest BCUT2D eigenvalue weighted by atomic mass is 32.2. The lowest BCUT2D eigenvalue weighted by Crippen LogP contribution is -2.32. The number of rotatable bonds is 4. The second-order valence-corrected chi connectivity index (χ2v) is 7.71. The van der Waals surface area contributed by atoms with Crippen molar-refractivity contribution in [1.82, 2.24) is 4.90 Å². The molecule has 0 spiro atoms. The van der Waals surface area contributed by atoms with E-state index in [1.54, 1.807) is 6.08 Å². The predicted octanol–water partition coefficient (Wildman–Crippen LogP) is 1.74. The normalized spacial score (nSPS) is 17.8. The maximum absolute atomic E-state index is 12.2. The molecule has 0 radical (unpaired) electrons. The first-order valence-electron chi connectivity index (χ1n) is 6.02. The van der Waals surface area contributed by atoms with E-state index >= 15 is 0 Å². The fraction of sp³-hybridized carbons (Fsp3) is 0.231. The van der Waals surface area contributed by atoms with Gasteiger partial charge in [-0.25, -0.2) is 8.42 Å². The Hall–Kier alpha value is -1.22. The predicted molar refractivity (Wildman–Crippen MR) is 85.6 cm³/mol. The van der Waals surface area contributed by atoms with Crippen LogP contribution in [0.1, 0.15) is 11.1 Å². The van der Waals surface area contributed by atoms with Crippen molar-refractivity contribution in [3.8, 4) is 0 Å². The van der Waals surface area contributed by atoms with Crippen LogP contribution in [0.25, 0.3) is 6.08 Å². The van der Waals surface area contributed by atoms with Gasteiger partial charge in [0.25, 0.3) is 5.91 Å². The smallest absolute Gasteiger partial charge is 0.266 e. The Morgan fingerprint density at radius 1 is 1.43 bits per heavy atom. The molecule has 1 aliphatic heterocycles. The summed E-state index contributed by atoms with van der Waals surface area (Å²) < 4.78 is 32.2. The zero-order chi connectivity index (χ0) is 15.6. The Labute approximate surface area is 132 Å². The molecular formula is C13H12NO4S3-. The zero-order valence-corrected chi connectivity index (χ0v) is 13.6. The van der Waals surface area contributed by atoms with Gasteiger partial charge in [-0.05, 0) is 18.6 Å². The van der Waals surface area contributed by atoms with E-state index in [1.165, 1.54) is 0 Å². The van der Waals surface area contributed by atoms with E-state index in [-0.39, 0.29) is 16.8 Å². The molecular weight excluding hydrogens is 330 g/mol. The highest BCUT2D eigenvalue weighted by Gasteiger charge is 2.31. The Bertz CT molecular complexity index is 725. The monoisotopic (exact) mass is 342 g/mol. The van der Waals surface area contributed by atoms with E-state index in [2.05, 4.69) is 0 Å². The number of carbonyl (C=O) groups is 1. The first-order chi connectivity index (χ1) is 9.76. The molecule has 1 amide bonds. The summed E-state index contributed by atoms with van der Waals surface area (Å²) in [6, 6.07) is 7.61. The van der Waals surface area contributed by atoms with Gasteiger partial charge in [0, 0.05) is 6.54 Å². The first-order valence-corrected chi connectivity index (χ1v) is 8.82. The average Bonchev–Trinajstić information content (AvgIpc) is 2.61. The van der Waals surface area contributed by atoms with Crippen LogP contribution < -0.4 is 0 Å². The fourth-order valence-electron chi connectivity index (χ4n) is 1.81. The van der Waals surface area contributed by atoms with Crippen LogP contribution in [0.3, 0.4) is 0 Å². The number of benzene rings is 1. The Morgan fingerprint density at radius 2 is 2.14 bits per heavy atom. The number of hydrogen-bond acceptors (Lipinski definition) is 6. The van der Waals surface area contributed by atoms with E-state index in [0.717, 1.165) is 27.8 Å². The van der Waals surface area contributed by atoms with Crippen LogP contribution in [0.15, 0.2) is 29.2 Å². The largest absolute Gasteiger partial charge is 0.748 e. The standard InChI is InChI=1S/C13H13NO4S3/c1-9-3-2-4-10(7-9)8-11-12(15)14(13(19)20-11)5-6-21(16,17)18/h2-4,7-8H,5-6H2,1H3,(H,16,17,18)/p-1/b11-8-. The SMILES string of the molecule is Cc1cccc(/C=C2\SC(=S)N(CCS(=O)(=O)[O-])C2=O)c1. The van der Waals surface area contributed by atoms with Crippen LogP contribution in [0.5, 0.6) is 0 Å². The zero-order valence-electron chi connectivity index (χ0n) is 11.1. The minimum Gasteiger partial charge on any atom is -0.748 e. The van der Waals surface area contributed by atoms with E-state index in [0.29, 0.717) is 4.91 Å². The summed E-state index contributed by atoms with van der Waals surface area (Å²) in [6.45, 7) is 1.74. The van der Waals surface area contributed by atoms with Crippen molar-refractivity contribution < 1.29 is 17.8 Å². The molecule has 1 aromatic rings. The molecule has 112 valence electrons. The molecule has 1 saturated heterocycles. The quantitative estimate of drug-likeness (QED) is 0.471. The lowest BCUT2D eigenvalue weighted by atomic mass is 10.1. The summed E-state index contributed by atoms with van der Waals surface area (Å²) >= 11 is 6.16. The molecule has 1 fully saturated rings. The van der Waals surface area contributed by atoms with Gasteiger partial charge in [-0.15, -0.1) is 0 Å². The average molecular weight is 342 g/mol. The Balaban J connectivity index is 2.18. The number of carbonyl (C=O) groups excluding carboxylic acids is 1. The molecule has 0 N–H and O–H groups in total. The van der Waals surface area contributed by atoms with Crippen molar-refractivity contribution in [3.63, 3.8) is 0 Å². The summed E-state index contributed by atoms with van der Waals surface area (Å²) in [5.41, 5.74) is 1.93. The molecule has 1 aliphatic rings. The molecule has 0 aromatic heterocycles. The molecule has 8 heteroatoms. The topological polar surface area (TPSA) is 77.5 Å². The Morgan fingerprint density at radius 3 is 2.76 bits per heavy atom. The number of hydrogen-bond donors (Lipinski definition) is 0. The van der Waals surface area contributed by atoms with E-state index in [9.17, 15) is 17.8 Å². The van der Waals surface area contributed by atoms with Crippen LogP contribution in [0.2, 0.25) is 0 Å². The van der Waals surface area contributed by atoms with Crippen LogP contribution in [-0.2, 0) is 14.9 Å². The van der Waals surface area contributed by atoms with Gasteiger partial charge < -0.3 is 4.55 Å². The molecule has 2 rings (SSSR count). The molecule has 21 heavy (non-hydrogen) atoms. The number of nitrogens with zero attached hydrogens (tertiary/aromatic N) is 1. The van der Waals surface area contributed by atoms with Crippen LogP contribution in [-0.4, -0.2) is 40.4 Å². The maximum atomic E-state index is 12.2. The first kappa shape index (κ1) is 16.2. The van der Waals surface area contributed by atoms with E-state index < -0.39 is 15.9 Å². The lowest BCUT2D eigenvalue weighted by molar-refractivity contribution is -0.121. The van der Waals surface area contributed by atoms with Gasteiger partial charge in [-0.1, -0.05) is 53.8 Å². The summed E-state index contributed by atoms with van der Waals surface area (Å²) in [4.78, 5) is 13.7. The summed E-state index contributed by atoms with van der Waals surface area (Å²) in [7, 11) is -4.37. The number of thioether (sulfide) groups is 1. The van der Waals surface area contributed by atoms with Gasteiger partial charge in [0.2, 0.25) is 0 Å².